The van der Waals surface area contributed by atoms with Crippen LogP contribution in [0.15, 0.2) is 12.1 Å². The van der Waals surface area contributed by atoms with E-state index in [9.17, 15) is 4.79 Å². The topological polar surface area (TPSA) is 38.3 Å². The average molecular weight is 301 g/mol. The molecule has 0 radical (unpaired) electrons. The van der Waals surface area contributed by atoms with Gasteiger partial charge in [-0.15, -0.1) is 0 Å². The first-order chi connectivity index (χ1) is 10.5. The minimum absolute atomic E-state index is 0.0830. The Labute approximate surface area is 133 Å². The number of fused-ring (bicyclic) bond motifs is 2. The van der Waals surface area contributed by atoms with E-state index < -0.39 is 0 Å². The summed E-state index contributed by atoms with van der Waals surface area (Å²) in [4.78, 5) is 12.7. The highest BCUT2D eigenvalue weighted by molar-refractivity contribution is 5.96. The molecule has 0 aromatic heterocycles. The van der Waals surface area contributed by atoms with Crippen LogP contribution in [0.1, 0.15) is 66.9 Å². The molecule has 22 heavy (non-hydrogen) atoms. The normalized spacial score (nSPS) is 26.5. The van der Waals surface area contributed by atoms with Crippen LogP contribution in [0.25, 0.3) is 0 Å². The van der Waals surface area contributed by atoms with E-state index in [0.717, 1.165) is 28.4 Å². The predicted octanol–water partition coefficient (Wildman–Crippen LogP) is 4.05. The number of hydrogen-bond donors (Lipinski definition) is 1. The Bertz CT molecular complexity index is 579. The number of hydrogen-bond acceptors (Lipinski definition) is 2. The molecule has 0 spiro atoms. The van der Waals surface area contributed by atoms with Crippen LogP contribution in [0.3, 0.4) is 0 Å². The summed E-state index contributed by atoms with van der Waals surface area (Å²) in [6.45, 7) is 6.25. The number of carbonyl (C=O) groups is 1. The monoisotopic (exact) mass is 301 g/mol. The van der Waals surface area contributed by atoms with Crippen LogP contribution < -0.4 is 10.1 Å². The number of ether oxygens (including phenoxy) is 1. The quantitative estimate of drug-likeness (QED) is 0.911. The number of aryl methyl sites for hydroxylation is 1. The molecule has 0 unspecified atom stereocenters. The Morgan fingerprint density at radius 3 is 2.59 bits per heavy atom. The van der Waals surface area contributed by atoms with Crippen molar-refractivity contribution in [1.29, 1.82) is 0 Å². The number of carbonyl (C=O) groups excluding carboxylic acids is 1. The van der Waals surface area contributed by atoms with Gasteiger partial charge in [-0.1, -0.05) is 20.3 Å². The van der Waals surface area contributed by atoms with E-state index in [2.05, 4.69) is 19.2 Å². The molecular weight excluding hydrogens is 274 g/mol. The van der Waals surface area contributed by atoms with Gasteiger partial charge in [-0.2, -0.15) is 0 Å². The van der Waals surface area contributed by atoms with Gasteiger partial charge in [0.05, 0.1) is 7.11 Å². The van der Waals surface area contributed by atoms with E-state index in [1.807, 2.05) is 19.1 Å². The molecule has 3 rings (SSSR count). The van der Waals surface area contributed by atoms with Crippen LogP contribution in [-0.2, 0) is 0 Å². The summed E-state index contributed by atoms with van der Waals surface area (Å²) in [6.07, 6.45) is 5.12. The van der Waals surface area contributed by atoms with Gasteiger partial charge in [0.25, 0.3) is 5.91 Å². The first kappa shape index (κ1) is 15.4. The number of benzene rings is 1. The molecule has 0 heterocycles. The van der Waals surface area contributed by atoms with Crippen LogP contribution in [0.5, 0.6) is 5.75 Å². The molecule has 2 aliphatic rings. The third-order valence-corrected chi connectivity index (χ3v) is 5.50. The lowest BCUT2D eigenvalue weighted by Crippen LogP contribution is -2.38. The van der Waals surface area contributed by atoms with Gasteiger partial charge in [-0.3, -0.25) is 4.79 Å². The molecule has 120 valence electrons. The molecule has 1 N–H and O–H groups in total. The molecule has 3 nitrogen and oxygen atoms in total. The summed E-state index contributed by atoms with van der Waals surface area (Å²) < 4.78 is 5.46. The Morgan fingerprint density at radius 2 is 2.05 bits per heavy atom. The second kappa shape index (κ2) is 5.94. The van der Waals surface area contributed by atoms with Crippen LogP contribution in [0.4, 0.5) is 0 Å². The molecule has 1 aromatic rings. The molecule has 2 fully saturated rings. The Kier molecular flexibility index (Phi) is 4.16. The zero-order chi connectivity index (χ0) is 15.9. The minimum Gasteiger partial charge on any atom is -0.496 e. The van der Waals surface area contributed by atoms with Crippen molar-refractivity contribution in [3.05, 3.63) is 28.8 Å². The van der Waals surface area contributed by atoms with Gasteiger partial charge in [0, 0.05) is 11.6 Å². The highest BCUT2D eigenvalue weighted by Gasteiger charge is 2.40. The Balaban J connectivity index is 1.81. The third kappa shape index (κ3) is 2.73. The van der Waals surface area contributed by atoms with E-state index in [1.54, 1.807) is 7.11 Å². The van der Waals surface area contributed by atoms with Crippen LogP contribution in [-0.4, -0.2) is 19.1 Å². The van der Waals surface area contributed by atoms with Crippen molar-refractivity contribution in [3.8, 4) is 5.75 Å². The highest BCUT2D eigenvalue weighted by atomic mass is 16.5. The summed E-state index contributed by atoms with van der Waals surface area (Å²) in [7, 11) is 1.69. The fourth-order valence-corrected chi connectivity index (χ4v) is 4.24. The first-order valence-corrected chi connectivity index (χ1v) is 8.49. The Hall–Kier alpha value is -1.51. The lowest BCUT2D eigenvalue weighted by Gasteiger charge is -2.24. The molecule has 2 bridgehead atoms. The number of nitrogens with one attached hydrogen (secondary N) is 1. The molecule has 3 atom stereocenters. The molecule has 3 heteroatoms. The van der Waals surface area contributed by atoms with Gasteiger partial charge in [0.2, 0.25) is 0 Å². The van der Waals surface area contributed by atoms with Crippen molar-refractivity contribution >= 4 is 5.91 Å². The maximum Gasteiger partial charge on any atom is 0.251 e. The number of methoxy groups -OCH3 is 1. The second-order valence-electron chi connectivity index (χ2n) is 7.32. The van der Waals surface area contributed by atoms with Crippen molar-refractivity contribution in [2.75, 3.05) is 7.11 Å². The molecule has 0 saturated heterocycles. The lowest BCUT2D eigenvalue weighted by molar-refractivity contribution is 0.0922. The fraction of sp³-hybridized carbons (Fsp3) is 0.632. The van der Waals surface area contributed by atoms with E-state index in [0.29, 0.717) is 17.9 Å². The van der Waals surface area contributed by atoms with E-state index in [1.165, 1.54) is 25.7 Å². The highest BCUT2D eigenvalue weighted by Crippen LogP contribution is 2.44. The van der Waals surface area contributed by atoms with E-state index >= 15 is 0 Å². The number of amides is 1. The van der Waals surface area contributed by atoms with Gasteiger partial charge >= 0.3 is 0 Å². The molecule has 2 saturated carbocycles. The third-order valence-electron chi connectivity index (χ3n) is 5.50. The van der Waals surface area contributed by atoms with Gasteiger partial charge in [0.15, 0.2) is 0 Å². The number of rotatable bonds is 4. The zero-order valence-electron chi connectivity index (χ0n) is 14.1. The molecule has 0 aliphatic heterocycles. The molecule has 1 amide bonds. The minimum atomic E-state index is 0.0830. The van der Waals surface area contributed by atoms with Crippen molar-refractivity contribution < 1.29 is 9.53 Å². The largest absolute Gasteiger partial charge is 0.496 e. The van der Waals surface area contributed by atoms with Crippen molar-refractivity contribution in [2.24, 2.45) is 11.8 Å². The lowest BCUT2D eigenvalue weighted by atomic mass is 9.93. The summed E-state index contributed by atoms with van der Waals surface area (Å²) >= 11 is 0. The predicted molar refractivity (Wildman–Crippen MR) is 88.5 cm³/mol. The summed E-state index contributed by atoms with van der Waals surface area (Å²) in [6, 6.07) is 4.39. The smallest absolute Gasteiger partial charge is 0.251 e. The molecular formula is C19H27NO2. The van der Waals surface area contributed by atoms with Crippen LogP contribution in [0, 0.1) is 18.8 Å². The molecule has 2 aliphatic carbocycles. The second-order valence-corrected chi connectivity index (χ2v) is 7.32. The average Bonchev–Trinajstić information content (AvgIpc) is 3.08. The molecule has 1 aromatic carbocycles. The van der Waals surface area contributed by atoms with Crippen molar-refractivity contribution in [1.82, 2.24) is 5.32 Å². The van der Waals surface area contributed by atoms with Crippen LogP contribution in [0.2, 0.25) is 0 Å². The fourth-order valence-electron chi connectivity index (χ4n) is 4.24. The van der Waals surface area contributed by atoms with Gasteiger partial charge in [-0.25, -0.2) is 0 Å². The van der Waals surface area contributed by atoms with Crippen LogP contribution >= 0.6 is 0 Å². The Morgan fingerprint density at radius 1 is 1.27 bits per heavy atom. The summed E-state index contributed by atoms with van der Waals surface area (Å²) in [5.41, 5.74) is 2.89. The van der Waals surface area contributed by atoms with E-state index in [4.69, 9.17) is 4.74 Å². The van der Waals surface area contributed by atoms with Gasteiger partial charge in [-0.05, 0) is 67.2 Å². The zero-order valence-corrected chi connectivity index (χ0v) is 14.1. The SMILES string of the molecule is COc1cc(C)c(C(=O)N[C@@H]2C[C@H]3CC[C@@H]2C3)cc1C(C)C. The van der Waals surface area contributed by atoms with Gasteiger partial charge < -0.3 is 10.1 Å². The van der Waals surface area contributed by atoms with Crippen molar-refractivity contribution in [2.45, 2.75) is 58.4 Å². The maximum absolute atomic E-state index is 12.7. The summed E-state index contributed by atoms with van der Waals surface area (Å²) in [5, 5.41) is 3.29. The maximum atomic E-state index is 12.7. The van der Waals surface area contributed by atoms with Gasteiger partial charge in [0.1, 0.15) is 5.75 Å². The standard InChI is InChI=1S/C19H27NO2/c1-11(2)15-10-16(12(3)7-18(15)22-4)19(21)20-17-9-13-5-6-14(17)8-13/h7,10-11,13-14,17H,5-6,8-9H2,1-4H3,(H,20,21)/t13-,14+,17+/m0/s1. The first-order valence-electron chi connectivity index (χ1n) is 8.49. The summed E-state index contributed by atoms with van der Waals surface area (Å²) in [5.74, 6) is 2.85. The van der Waals surface area contributed by atoms with Crippen molar-refractivity contribution in [3.63, 3.8) is 0 Å². The van der Waals surface area contributed by atoms with E-state index in [-0.39, 0.29) is 5.91 Å².